The summed E-state index contributed by atoms with van der Waals surface area (Å²) < 4.78 is 0. The molecule has 2 amide bonds. The largest absolute Gasteiger partial charge is 0.481 e. The highest BCUT2D eigenvalue weighted by Crippen LogP contribution is 2.40. The van der Waals surface area contributed by atoms with Crippen LogP contribution in [0.4, 0.5) is 10.7 Å². The lowest BCUT2D eigenvalue weighted by Gasteiger charge is -2.27. The molecule has 3 N–H and O–H groups in total. The third kappa shape index (κ3) is 4.23. The van der Waals surface area contributed by atoms with Crippen molar-refractivity contribution in [1.82, 2.24) is 0 Å². The molecule has 2 aliphatic rings. The van der Waals surface area contributed by atoms with Crippen molar-refractivity contribution in [2.45, 2.75) is 44.9 Å². The number of halogens is 1. The van der Waals surface area contributed by atoms with Crippen LogP contribution in [-0.2, 0) is 22.4 Å². The number of hydrogen-bond acceptors (Lipinski definition) is 4. The predicted octanol–water partition coefficient (Wildman–Crippen LogP) is 4.97. The second-order valence-electron chi connectivity index (χ2n) is 7.85. The van der Waals surface area contributed by atoms with Crippen LogP contribution in [0.5, 0.6) is 0 Å². The molecule has 0 spiro atoms. The number of aliphatic carboxylic acids is 1. The van der Waals surface area contributed by atoms with Crippen LogP contribution < -0.4 is 10.6 Å². The molecular formula is C22H23ClN2O4S. The van der Waals surface area contributed by atoms with Gasteiger partial charge in [-0.3, -0.25) is 14.4 Å². The molecule has 1 saturated carbocycles. The fourth-order valence-electron chi connectivity index (χ4n) is 4.40. The SMILES string of the molecule is O=C(Nc1ccc(Cl)cc1)c1c(NC(=O)[C@@H]2CCCC[C@@H]2C(=O)O)sc2c1CCC2. The topological polar surface area (TPSA) is 95.5 Å². The number of carboxylic acid groups (broad SMARTS) is 1. The summed E-state index contributed by atoms with van der Waals surface area (Å²) in [5.74, 6) is -2.74. The molecule has 2 atom stereocenters. The molecule has 158 valence electrons. The maximum atomic E-state index is 13.1. The van der Waals surface area contributed by atoms with Crippen molar-refractivity contribution in [2.24, 2.45) is 11.8 Å². The van der Waals surface area contributed by atoms with Gasteiger partial charge in [-0.15, -0.1) is 11.3 Å². The molecule has 1 fully saturated rings. The molecule has 0 aliphatic heterocycles. The van der Waals surface area contributed by atoms with Crippen LogP contribution in [0.25, 0.3) is 0 Å². The van der Waals surface area contributed by atoms with Crippen LogP contribution in [0.3, 0.4) is 0 Å². The summed E-state index contributed by atoms with van der Waals surface area (Å²) in [6.07, 6.45) is 5.40. The number of amides is 2. The van der Waals surface area contributed by atoms with E-state index in [0.717, 1.165) is 42.5 Å². The summed E-state index contributed by atoms with van der Waals surface area (Å²) in [5.41, 5.74) is 2.11. The molecule has 30 heavy (non-hydrogen) atoms. The molecule has 1 aromatic heterocycles. The number of fused-ring (bicyclic) bond motifs is 1. The molecule has 0 radical (unpaired) electrons. The zero-order valence-electron chi connectivity index (χ0n) is 16.4. The zero-order valence-corrected chi connectivity index (χ0v) is 17.9. The highest BCUT2D eigenvalue weighted by atomic mass is 35.5. The van der Waals surface area contributed by atoms with Crippen LogP contribution >= 0.6 is 22.9 Å². The summed E-state index contributed by atoms with van der Waals surface area (Å²) in [6, 6.07) is 6.86. The van der Waals surface area contributed by atoms with E-state index < -0.39 is 17.8 Å². The third-order valence-electron chi connectivity index (χ3n) is 5.91. The number of carboxylic acids is 1. The second-order valence-corrected chi connectivity index (χ2v) is 9.39. The Morgan fingerprint density at radius 1 is 0.967 bits per heavy atom. The van der Waals surface area contributed by atoms with Crippen molar-refractivity contribution >= 4 is 51.4 Å². The Morgan fingerprint density at radius 3 is 2.37 bits per heavy atom. The van der Waals surface area contributed by atoms with Gasteiger partial charge in [0.15, 0.2) is 0 Å². The number of nitrogens with one attached hydrogen (secondary N) is 2. The van der Waals surface area contributed by atoms with Crippen molar-refractivity contribution < 1.29 is 19.5 Å². The molecule has 1 aromatic carbocycles. The van der Waals surface area contributed by atoms with E-state index in [4.69, 9.17) is 11.6 Å². The molecule has 4 rings (SSSR count). The monoisotopic (exact) mass is 446 g/mol. The molecule has 2 aliphatic carbocycles. The number of rotatable bonds is 5. The Balaban J connectivity index is 1.58. The summed E-state index contributed by atoms with van der Waals surface area (Å²) in [5, 5.41) is 16.4. The number of anilines is 2. The van der Waals surface area contributed by atoms with Gasteiger partial charge in [-0.05, 0) is 61.9 Å². The Morgan fingerprint density at radius 2 is 1.67 bits per heavy atom. The van der Waals surface area contributed by atoms with E-state index in [1.165, 1.54) is 11.3 Å². The van der Waals surface area contributed by atoms with Gasteiger partial charge in [-0.1, -0.05) is 24.4 Å². The summed E-state index contributed by atoms with van der Waals surface area (Å²) >= 11 is 7.35. The van der Waals surface area contributed by atoms with E-state index in [0.29, 0.717) is 34.1 Å². The van der Waals surface area contributed by atoms with Crippen molar-refractivity contribution in [2.75, 3.05) is 10.6 Å². The lowest BCUT2D eigenvalue weighted by atomic mass is 9.79. The van der Waals surface area contributed by atoms with Crippen LogP contribution in [-0.4, -0.2) is 22.9 Å². The Hall–Kier alpha value is -2.38. The van der Waals surface area contributed by atoms with Crippen molar-refractivity contribution in [1.29, 1.82) is 0 Å². The first-order chi connectivity index (χ1) is 14.4. The third-order valence-corrected chi connectivity index (χ3v) is 7.37. The maximum absolute atomic E-state index is 13.1. The van der Waals surface area contributed by atoms with Crippen LogP contribution in [0.1, 0.15) is 52.9 Å². The van der Waals surface area contributed by atoms with Gasteiger partial charge in [0.2, 0.25) is 5.91 Å². The molecule has 6 nitrogen and oxygen atoms in total. The van der Waals surface area contributed by atoms with Crippen molar-refractivity contribution in [3.63, 3.8) is 0 Å². The highest BCUT2D eigenvalue weighted by molar-refractivity contribution is 7.17. The summed E-state index contributed by atoms with van der Waals surface area (Å²) in [6.45, 7) is 0. The lowest BCUT2D eigenvalue weighted by molar-refractivity contribution is -0.147. The van der Waals surface area contributed by atoms with Gasteiger partial charge in [0.25, 0.3) is 5.91 Å². The van der Waals surface area contributed by atoms with Crippen LogP contribution in [0, 0.1) is 11.8 Å². The minimum Gasteiger partial charge on any atom is -0.481 e. The molecule has 0 unspecified atom stereocenters. The van der Waals surface area contributed by atoms with Crippen molar-refractivity contribution in [3.05, 3.63) is 45.3 Å². The smallest absolute Gasteiger partial charge is 0.307 e. The van der Waals surface area contributed by atoms with E-state index in [9.17, 15) is 19.5 Å². The first-order valence-electron chi connectivity index (χ1n) is 10.2. The standard InChI is InChI=1S/C22H23ClN2O4S/c23-12-8-10-13(11-9-12)24-20(27)18-16-6-3-7-17(16)30-21(18)25-19(26)14-4-1-2-5-15(14)22(28)29/h8-11,14-15H,1-7H2,(H,24,27)(H,25,26)(H,28,29)/t14-,15+/m1/s1. The Kier molecular flexibility index (Phi) is 6.11. The fraction of sp³-hybridized carbons (Fsp3) is 0.409. The molecule has 1 heterocycles. The van der Waals surface area contributed by atoms with Gasteiger partial charge in [0, 0.05) is 15.6 Å². The number of thiophene rings is 1. The number of hydrogen-bond donors (Lipinski definition) is 3. The summed E-state index contributed by atoms with van der Waals surface area (Å²) in [4.78, 5) is 38.8. The van der Waals surface area contributed by atoms with Gasteiger partial charge in [-0.25, -0.2) is 0 Å². The van der Waals surface area contributed by atoms with E-state index >= 15 is 0 Å². The summed E-state index contributed by atoms with van der Waals surface area (Å²) in [7, 11) is 0. The van der Waals surface area contributed by atoms with Gasteiger partial charge in [0.05, 0.1) is 17.4 Å². The number of aryl methyl sites for hydroxylation is 1. The van der Waals surface area contributed by atoms with E-state index in [1.807, 2.05) is 0 Å². The van der Waals surface area contributed by atoms with Gasteiger partial charge >= 0.3 is 5.97 Å². The molecule has 0 bridgehead atoms. The van der Waals surface area contributed by atoms with Crippen LogP contribution in [0.2, 0.25) is 5.02 Å². The van der Waals surface area contributed by atoms with E-state index in [1.54, 1.807) is 24.3 Å². The van der Waals surface area contributed by atoms with Gasteiger partial charge in [0.1, 0.15) is 5.00 Å². The zero-order chi connectivity index (χ0) is 21.3. The number of carbonyl (C=O) groups excluding carboxylic acids is 2. The quantitative estimate of drug-likeness (QED) is 0.604. The fourth-order valence-corrected chi connectivity index (χ4v) is 5.82. The van der Waals surface area contributed by atoms with Gasteiger partial charge < -0.3 is 15.7 Å². The average Bonchev–Trinajstić information content (AvgIpc) is 3.30. The predicted molar refractivity (Wildman–Crippen MR) is 117 cm³/mol. The number of carbonyl (C=O) groups is 3. The normalized spacial score (nSPS) is 20.4. The van der Waals surface area contributed by atoms with E-state index in [-0.39, 0.29) is 11.8 Å². The molecule has 2 aromatic rings. The Labute approximate surface area is 183 Å². The average molecular weight is 447 g/mol. The lowest BCUT2D eigenvalue weighted by Crippen LogP contribution is -2.36. The first kappa shape index (κ1) is 20.9. The Bertz CT molecular complexity index is 986. The first-order valence-corrected chi connectivity index (χ1v) is 11.4. The highest BCUT2D eigenvalue weighted by Gasteiger charge is 2.37. The maximum Gasteiger partial charge on any atom is 0.307 e. The minimum absolute atomic E-state index is 0.273. The van der Waals surface area contributed by atoms with Gasteiger partial charge in [-0.2, -0.15) is 0 Å². The van der Waals surface area contributed by atoms with E-state index in [2.05, 4.69) is 10.6 Å². The second kappa shape index (κ2) is 8.78. The molecule has 0 saturated heterocycles. The van der Waals surface area contributed by atoms with Crippen LogP contribution in [0.15, 0.2) is 24.3 Å². The molecule has 8 heteroatoms. The van der Waals surface area contributed by atoms with Crippen molar-refractivity contribution in [3.8, 4) is 0 Å². The molecular weight excluding hydrogens is 424 g/mol. The minimum atomic E-state index is -0.927. The number of benzene rings is 1.